The van der Waals surface area contributed by atoms with E-state index in [4.69, 9.17) is 0 Å². The van der Waals surface area contributed by atoms with Crippen molar-refractivity contribution in [2.75, 3.05) is 11.5 Å². The number of aryl methyl sites for hydroxylation is 3. The zero-order valence-corrected chi connectivity index (χ0v) is 8.95. The molecule has 12 heavy (non-hydrogen) atoms. The molecule has 0 aromatic carbocycles. The lowest BCUT2D eigenvalue weighted by Crippen LogP contribution is -1.88. The van der Waals surface area contributed by atoms with E-state index in [9.17, 15) is 0 Å². The Morgan fingerprint density at radius 1 is 1.42 bits per heavy atom. The van der Waals surface area contributed by atoms with Gasteiger partial charge in [0.25, 0.3) is 0 Å². The van der Waals surface area contributed by atoms with Crippen molar-refractivity contribution < 1.29 is 0 Å². The topological polar surface area (TPSA) is 4.93 Å². The van der Waals surface area contributed by atoms with E-state index in [0.717, 1.165) is 0 Å². The van der Waals surface area contributed by atoms with E-state index in [-0.39, 0.29) is 0 Å². The van der Waals surface area contributed by atoms with Gasteiger partial charge in [0, 0.05) is 19.4 Å². The van der Waals surface area contributed by atoms with Gasteiger partial charge in [0.15, 0.2) is 0 Å². The standard InChI is InChI=1S/C10H17NS/c1-4-12-6-5-10-8-11(3)7-9(10)2/h7-8H,4-6H2,1-3H3. The Bertz CT molecular complexity index is 240. The summed E-state index contributed by atoms with van der Waals surface area (Å²) in [6.07, 6.45) is 5.63. The van der Waals surface area contributed by atoms with Crippen LogP contribution in [0.5, 0.6) is 0 Å². The van der Waals surface area contributed by atoms with E-state index < -0.39 is 0 Å². The molecule has 68 valence electrons. The van der Waals surface area contributed by atoms with Crippen LogP contribution in [-0.2, 0) is 13.5 Å². The van der Waals surface area contributed by atoms with Crippen molar-refractivity contribution in [3.05, 3.63) is 23.5 Å². The predicted octanol–water partition coefficient (Wildman–Crippen LogP) is 2.63. The minimum atomic E-state index is 1.21. The van der Waals surface area contributed by atoms with Crippen molar-refractivity contribution in [3.63, 3.8) is 0 Å². The number of hydrogen-bond donors (Lipinski definition) is 0. The van der Waals surface area contributed by atoms with E-state index in [2.05, 4.69) is 37.9 Å². The lowest BCUT2D eigenvalue weighted by Gasteiger charge is -1.97. The summed E-state index contributed by atoms with van der Waals surface area (Å²) in [5.74, 6) is 2.48. The average molecular weight is 183 g/mol. The van der Waals surface area contributed by atoms with Gasteiger partial charge in [-0.05, 0) is 36.0 Å². The molecule has 1 heterocycles. The molecule has 0 amide bonds. The number of nitrogens with zero attached hydrogens (tertiary/aromatic N) is 1. The maximum absolute atomic E-state index is 2.23. The van der Waals surface area contributed by atoms with Gasteiger partial charge in [0.1, 0.15) is 0 Å². The number of thioether (sulfide) groups is 1. The molecule has 0 aliphatic heterocycles. The number of aromatic nitrogens is 1. The molecule has 0 saturated heterocycles. The van der Waals surface area contributed by atoms with Crippen LogP contribution in [0.3, 0.4) is 0 Å². The maximum Gasteiger partial charge on any atom is 0.0106 e. The van der Waals surface area contributed by atoms with E-state index in [1.165, 1.54) is 29.1 Å². The second kappa shape index (κ2) is 4.61. The summed E-state index contributed by atoms with van der Waals surface area (Å²) in [4.78, 5) is 0. The van der Waals surface area contributed by atoms with Crippen LogP contribution in [0.4, 0.5) is 0 Å². The molecule has 0 radical (unpaired) electrons. The molecule has 0 fully saturated rings. The van der Waals surface area contributed by atoms with Crippen molar-refractivity contribution in [1.82, 2.24) is 4.57 Å². The van der Waals surface area contributed by atoms with E-state index in [1.54, 1.807) is 0 Å². The van der Waals surface area contributed by atoms with E-state index >= 15 is 0 Å². The first-order valence-corrected chi connectivity index (χ1v) is 5.58. The second-order valence-corrected chi connectivity index (χ2v) is 4.47. The summed E-state index contributed by atoms with van der Waals surface area (Å²) in [5, 5.41) is 0. The molecule has 1 aromatic heterocycles. The average Bonchev–Trinajstić information content (AvgIpc) is 2.31. The van der Waals surface area contributed by atoms with E-state index in [1.807, 2.05) is 11.8 Å². The first-order chi connectivity index (χ1) is 5.74. The fraction of sp³-hybridized carbons (Fsp3) is 0.600. The van der Waals surface area contributed by atoms with Crippen LogP contribution in [0.15, 0.2) is 12.4 Å². The van der Waals surface area contributed by atoms with Crippen LogP contribution in [0, 0.1) is 6.92 Å². The second-order valence-electron chi connectivity index (χ2n) is 3.08. The van der Waals surface area contributed by atoms with Gasteiger partial charge in [-0.15, -0.1) is 0 Å². The maximum atomic E-state index is 2.23. The molecule has 1 aromatic rings. The summed E-state index contributed by atoms with van der Waals surface area (Å²) in [5.41, 5.74) is 2.92. The Labute approximate surface area is 79.2 Å². The van der Waals surface area contributed by atoms with Gasteiger partial charge in [0.2, 0.25) is 0 Å². The Morgan fingerprint density at radius 2 is 2.17 bits per heavy atom. The molecule has 0 atom stereocenters. The quantitative estimate of drug-likeness (QED) is 0.650. The first kappa shape index (κ1) is 9.72. The highest BCUT2D eigenvalue weighted by molar-refractivity contribution is 7.99. The fourth-order valence-corrected chi connectivity index (χ4v) is 2.01. The van der Waals surface area contributed by atoms with Crippen LogP contribution >= 0.6 is 11.8 Å². The highest BCUT2D eigenvalue weighted by Gasteiger charge is 1.99. The lowest BCUT2D eigenvalue weighted by atomic mass is 10.2. The summed E-state index contributed by atoms with van der Waals surface area (Å²) < 4.78 is 2.14. The zero-order chi connectivity index (χ0) is 8.97. The summed E-state index contributed by atoms with van der Waals surface area (Å²) in [6.45, 7) is 4.40. The molecule has 0 bridgehead atoms. The third-order valence-corrected chi connectivity index (χ3v) is 2.88. The monoisotopic (exact) mass is 183 g/mol. The zero-order valence-electron chi connectivity index (χ0n) is 8.13. The summed E-state index contributed by atoms with van der Waals surface area (Å²) in [6, 6.07) is 0. The minimum Gasteiger partial charge on any atom is -0.357 e. The predicted molar refractivity (Wildman–Crippen MR) is 56.9 cm³/mol. The first-order valence-electron chi connectivity index (χ1n) is 4.43. The molecule has 0 aliphatic carbocycles. The number of rotatable bonds is 4. The van der Waals surface area contributed by atoms with Gasteiger partial charge in [-0.25, -0.2) is 0 Å². The van der Waals surface area contributed by atoms with Gasteiger partial charge >= 0.3 is 0 Å². The largest absolute Gasteiger partial charge is 0.357 e. The molecule has 1 rings (SSSR count). The molecule has 0 spiro atoms. The van der Waals surface area contributed by atoms with Gasteiger partial charge in [-0.2, -0.15) is 11.8 Å². The van der Waals surface area contributed by atoms with Crippen LogP contribution in [-0.4, -0.2) is 16.1 Å². The Kier molecular flexibility index (Phi) is 3.73. The third-order valence-electron chi connectivity index (χ3n) is 1.98. The van der Waals surface area contributed by atoms with Gasteiger partial charge in [-0.3, -0.25) is 0 Å². The summed E-state index contributed by atoms with van der Waals surface area (Å²) >= 11 is 2.01. The SMILES string of the molecule is CCSCCc1cn(C)cc1C. The van der Waals surface area contributed by atoms with Crippen LogP contribution < -0.4 is 0 Å². The Morgan fingerprint density at radius 3 is 2.67 bits per heavy atom. The Hall–Kier alpha value is -0.370. The van der Waals surface area contributed by atoms with Gasteiger partial charge in [-0.1, -0.05) is 6.92 Å². The highest BCUT2D eigenvalue weighted by Crippen LogP contribution is 2.11. The molecular weight excluding hydrogens is 166 g/mol. The molecule has 0 saturated carbocycles. The minimum absolute atomic E-state index is 1.21. The molecule has 0 N–H and O–H groups in total. The molecule has 0 unspecified atom stereocenters. The van der Waals surface area contributed by atoms with E-state index in [0.29, 0.717) is 0 Å². The highest BCUT2D eigenvalue weighted by atomic mass is 32.2. The fourth-order valence-electron chi connectivity index (χ4n) is 1.36. The molecule has 2 heteroatoms. The molecule has 0 aliphatic rings. The van der Waals surface area contributed by atoms with Crippen LogP contribution in [0.1, 0.15) is 18.1 Å². The lowest BCUT2D eigenvalue weighted by molar-refractivity contribution is 0.918. The smallest absolute Gasteiger partial charge is 0.0106 e. The molecule has 1 nitrogen and oxygen atoms in total. The Balaban J connectivity index is 2.45. The van der Waals surface area contributed by atoms with Gasteiger partial charge in [0.05, 0.1) is 0 Å². The third kappa shape index (κ3) is 2.59. The molecular formula is C10H17NS. The van der Waals surface area contributed by atoms with Crippen molar-refractivity contribution in [2.24, 2.45) is 7.05 Å². The van der Waals surface area contributed by atoms with Crippen LogP contribution in [0.2, 0.25) is 0 Å². The van der Waals surface area contributed by atoms with Crippen molar-refractivity contribution in [1.29, 1.82) is 0 Å². The van der Waals surface area contributed by atoms with Crippen LogP contribution in [0.25, 0.3) is 0 Å². The van der Waals surface area contributed by atoms with Crippen molar-refractivity contribution >= 4 is 11.8 Å². The normalized spacial score (nSPS) is 10.6. The summed E-state index contributed by atoms with van der Waals surface area (Å²) in [7, 11) is 2.09. The van der Waals surface area contributed by atoms with Gasteiger partial charge < -0.3 is 4.57 Å². The van der Waals surface area contributed by atoms with Crippen molar-refractivity contribution in [2.45, 2.75) is 20.3 Å². The van der Waals surface area contributed by atoms with Crippen molar-refractivity contribution in [3.8, 4) is 0 Å². The number of hydrogen-bond acceptors (Lipinski definition) is 1.